The third-order valence-electron chi connectivity index (χ3n) is 2.84. The van der Waals surface area contributed by atoms with Crippen LogP contribution < -0.4 is 4.74 Å². The fraction of sp³-hybridized carbons (Fsp3) is 0.385. The molecule has 1 aliphatic heterocycles. The van der Waals surface area contributed by atoms with Crippen LogP contribution >= 0.6 is 0 Å². The van der Waals surface area contributed by atoms with Crippen molar-refractivity contribution in [2.24, 2.45) is 0 Å². The van der Waals surface area contributed by atoms with Gasteiger partial charge in [0.2, 0.25) is 0 Å². The second kappa shape index (κ2) is 4.39. The maximum Gasteiger partial charge on any atom is 0.118 e. The zero-order chi connectivity index (χ0) is 10.7. The Morgan fingerprint density at radius 1 is 1.27 bits per heavy atom. The quantitative estimate of drug-likeness (QED) is 0.749. The van der Waals surface area contributed by atoms with Gasteiger partial charge in [-0.1, -0.05) is 6.08 Å². The molecule has 0 atom stereocenters. The highest BCUT2D eigenvalue weighted by Gasteiger charge is 2.14. The van der Waals surface area contributed by atoms with Gasteiger partial charge in [0.25, 0.3) is 0 Å². The summed E-state index contributed by atoms with van der Waals surface area (Å²) in [7, 11) is 1.70. The molecule has 0 amide bonds. The molecule has 0 unspecified atom stereocenters. The normalized spacial score (nSPS) is 15.3. The van der Waals surface area contributed by atoms with E-state index in [0.29, 0.717) is 0 Å². The lowest BCUT2D eigenvalue weighted by Gasteiger charge is -2.20. The van der Waals surface area contributed by atoms with E-state index in [1.807, 2.05) is 12.1 Å². The lowest BCUT2D eigenvalue weighted by molar-refractivity contribution is 0.414. The summed E-state index contributed by atoms with van der Waals surface area (Å²) in [5.74, 6) is 0.917. The fourth-order valence-electron chi connectivity index (χ4n) is 2.00. The summed E-state index contributed by atoms with van der Waals surface area (Å²) in [6, 6.07) is 8.28. The Morgan fingerprint density at radius 2 is 2.00 bits per heavy atom. The average molecular weight is 203 g/mol. The van der Waals surface area contributed by atoms with E-state index in [9.17, 15) is 0 Å². The largest absolute Gasteiger partial charge is 0.497 e. The fourth-order valence-corrected chi connectivity index (χ4v) is 2.00. The molecule has 0 aromatic heterocycles. The number of hydrogen-bond donors (Lipinski definition) is 0. The van der Waals surface area contributed by atoms with Gasteiger partial charge in [-0.25, -0.2) is 0 Å². The van der Waals surface area contributed by atoms with Gasteiger partial charge in [-0.15, -0.1) is 0 Å². The van der Waals surface area contributed by atoms with E-state index in [4.69, 9.17) is 4.74 Å². The third kappa shape index (κ3) is 1.99. The molecule has 1 aromatic carbocycles. The van der Waals surface area contributed by atoms with Crippen molar-refractivity contribution in [1.82, 2.24) is 4.90 Å². The lowest BCUT2D eigenvalue weighted by atomic mass is 10.1. The molecule has 1 aromatic rings. The number of ether oxygens (including phenoxy) is 1. The van der Waals surface area contributed by atoms with Crippen LogP contribution in [-0.4, -0.2) is 25.1 Å². The Labute approximate surface area is 91.2 Å². The predicted molar refractivity (Wildman–Crippen MR) is 62.8 cm³/mol. The Balaban J connectivity index is 2.22. The number of hydrogen-bond acceptors (Lipinski definition) is 2. The maximum atomic E-state index is 5.15. The summed E-state index contributed by atoms with van der Waals surface area (Å²) >= 11 is 0. The van der Waals surface area contributed by atoms with Crippen LogP contribution in [-0.2, 0) is 0 Å². The summed E-state index contributed by atoms with van der Waals surface area (Å²) in [4.78, 5) is 2.40. The molecule has 0 spiro atoms. The first-order chi connectivity index (χ1) is 7.35. The van der Waals surface area contributed by atoms with Crippen LogP contribution in [0.3, 0.4) is 0 Å². The molecule has 0 bridgehead atoms. The van der Waals surface area contributed by atoms with E-state index in [-0.39, 0.29) is 0 Å². The molecule has 0 aliphatic carbocycles. The van der Waals surface area contributed by atoms with Gasteiger partial charge < -0.3 is 9.64 Å². The molecule has 0 saturated carbocycles. The first kappa shape index (κ1) is 10.1. The second-order valence-corrected chi connectivity index (χ2v) is 3.69. The van der Waals surface area contributed by atoms with Crippen LogP contribution in [0.5, 0.6) is 5.75 Å². The molecule has 1 heterocycles. The highest BCUT2D eigenvalue weighted by Crippen LogP contribution is 2.26. The molecular formula is C13H17NO. The van der Waals surface area contributed by atoms with Gasteiger partial charge in [0.1, 0.15) is 5.75 Å². The van der Waals surface area contributed by atoms with Crippen molar-refractivity contribution in [1.29, 1.82) is 0 Å². The lowest BCUT2D eigenvalue weighted by Crippen LogP contribution is -2.17. The minimum absolute atomic E-state index is 0.917. The molecule has 15 heavy (non-hydrogen) atoms. The van der Waals surface area contributed by atoms with Crippen molar-refractivity contribution in [2.45, 2.75) is 13.3 Å². The molecule has 0 N–H and O–H groups in total. The second-order valence-electron chi connectivity index (χ2n) is 3.69. The summed E-state index contributed by atoms with van der Waals surface area (Å²) in [5.41, 5.74) is 2.65. The summed E-state index contributed by atoms with van der Waals surface area (Å²) in [5, 5.41) is 0. The topological polar surface area (TPSA) is 12.5 Å². The van der Waals surface area contributed by atoms with Gasteiger partial charge in [0, 0.05) is 18.8 Å². The van der Waals surface area contributed by atoms with E-state index in [1.54, 1.807) is 7.11 Å². The third-order valence-corrected chi connectivity index (χ3v) is 2.84. The SMILES string of the molecule is CCN1CCC=C1c1ccc(OC)cc1. The van der Waals surface area contributed by atoms with E-state index in [2.05, 4.69) is 30.0 Å². The van der Waals surface area contributed by atoms with Crippen LogP contribution in [0.2, 0.25) is 0 Å². The molecule has 2 nitrogen and oxygen atoms in total. The van der Waals surface area contributed by atoms with Crippen LogP contribution in [0, 0.1) is 0 Å². The molecule has 2 heteroatoms. The average Bonchev–Trinajstić information content (AvgIpc) is 2.77. The van der Waals surface area contributed by atoms with Crippen molar-refractivity contribution in [2.75, 3.05) is 20.2 Å². The number of benzene rings is 1. The summed E-state index contributed by atoms with van der Waals surface area (Å²) < 4.78 is 5.15. The highest BCUT2D eigenvalue weighted by atomic mass is 16.5. The Hall–Kier alpha value is -1.44. The first-order valence-electron chi connectivity index (χ1n) is 5.44. The molecule has 80 valence electrons. The Bertz CT molecular complexity index is 353. The first-order valence-corrected chi connectivity index (χ1v) is 5.44. The summed E-state index contributed by atoms with van der Waals surface area (Å²) in [6.45, 7) is 4.43. The Kier molecular flexibility index (Phi) is 2.95. The maximum absolute atomic E-state index is 5.15. The van der Waals surface area contributed by atoms with Gasteiger partial charge in [0.05, 0.1) is 7.11 Å². The minimum atomic E-state index is 0.917. The van der Waals surface area contributed by atoms with Crippen molar-refractivity contribution in [3.63, 3.8) is 0 Å². The molecular weight excluding hydrogens is 186 g/mol. The Morgan fingerprint density at radius 3 is 2.60 bits per heavy atom. The van der Waals surface area contributed by atoms with Crippen LogP contribution in [0.4, 0.5) is 0 Å². The molecule has 0 radical (unpaired) electrons. The van der Waals surface area contributed by atoms with Crippen molar-refractivity contribution in [3.8, 4) is 5.75 Å². The molecule has 0 saturated heterocycles. The van der Waals surface area contributed by atoms with Crippen molar-refractivity contribution < 1.29 is 4.74 Å². The molecule has 0 fully saturated rings. The van der Waals surface area contributed by atoms with Crippen LogP contribution in [0.1, 0.15) is 18.9 Å². The standard InChI is InChI=1S/C13H17NO/c1-3-14-10-4-5-13(14)11-6-8-12(15-2)9-7-11/h5-9H,3-4,10H2,1-2H3. The zero-order valence-corrected chi connectivity index (χ0v) is 9.36. The van der Waals surface area contributed by atoms with Crippen molar-refractivity contribution >= 4 is 5.70 Å². The van der Waals surface area contributed by atoms with E-state index in [1.165, 1.54) is 11.3 Å². The highest BCUT2D eigenvalue weighted by molar-refractivity contribution is 5.66. The smallest absolute Gasteiger partial charge is 0.118 e. The monoisotopic (exact) mass is 203 g/mol. The number of rotatable bonds is 3. The number of nitrogens with zero attached hydrogens (tertiary/aromatic N) is 1. The predicted octanol–water partition coefficient (Wildman–Crippen LogP) is 2.76. The van der Waals surface area contributed by atoms with Crippen molar-refractivity contribution in [3.05, 3.63) is 35.9 Å². The summed E-state index contributed by atoms with van der Waals surface area (Å²) in [6.07, 6.45) is 3.47. The molecule has 2 rings (SSSR count). The number of methoxy groups -OCH3 is 1. The van der Waals surface area contributed by atoms with Gasteiger partial charge in [-0.05, 0) is 43.2 Å². The van der Waals surface area contributed by atoms with Gasteiger partial charge in [-0.3, -0.25) is 0 Å². The van der Waals surface area contributed by atoms with E-state index in [0.717, 1.165) is 25.3 Å². The van der Waals surface area contributed by atoms with Gasteiger partial charge in [0.15, 0.2) is 0 Å². The molecule has 1 aliphatic rings. The zero-order valence-electron chi connectivity index (χ0n) is 9.36. The van der Waals surface area contributed by atoms with Crippen LogP contribution in [0.15, 0.2) is 30.3 Å². The van der Waals surface area contributed by atoms with Crippen LogP contribution in [0.25, 0.3) is 5.70 Å². The minimum Gasteiger partial charge on any atom is -0.497 e. The van der Waals surface area contributed by atoms with Gasteiger partial charge in [-0.2, -0.15) is 0 Å². The van der Waals surface area contributed by atoms with Gasteiger partial charge >= 0.3 is 0 Å². The van der Waals surface area contributed by atoms with E-state index >= 15 is 0 Å². The van der Waals surface area contributed by atoms with E-state index < -0.39 is 0 Å².